The normalized spacial score (nSPS) is 21.2. The van der Waals surface area contributed by atoms with Crippen molar-refractivity contribution >= 4 is 21.6 Å². The van der Waals surface area contributed by atoms with Crippen molar-refractivity contribution in [1.29, 1.82) is 0 Å². The molecule has 1 aliphatic rings. The maximum Gasteiger partial charge on any atom is 0.116 e. The molecule has 0 saturated carbocycles. The van der Waals surface area contributed by atoms with E-state index in [1.54, 1.807) is 0 Å². The molecular formula is C13H16BrNO. The van der Waals surface area contributed by atoms with Crippen molar-refractivity contribution in [2.75, 3.05) is 6.61 Å². The van der Waals surface area contributed by atoms with E-state index in [1.165, 1.54) is 15.6 Å². The highest BCUT2D eigenvalue weighted by atomic mass is 79.9. The predicted molar refractivity (Wildman–Crippen MR) is 70.0 cm³/mol. The van der Waals surface area contributed by atoms with Crippen LogP contribution in [0.1, 0.15) is 43.7 Å². The third-order valence-electron chi connectivity index (χ3n) is 2.83. The summed E-state index contributed by atoms with van der Waals surface area (Å²) in [7, 11) is 0. The largest absolute Gasteiger partial charge is 0.396 e. The Balaban J connectivity index is 2.29. The number of rotatable bonds is 3. The Kier molecular flexibility index (Phi) is 3.64. The van der Waals surface area contributed by atoms with Crippen molar-refractivity contribution in [2.24, 2.45) is 5.16 Å². The number of fused-ring (bicyclic) bond motifs is 1. The zero-order chi connectivity index (χ0) is 11.5. The molecule has 0 amide bonds. The van der Waals surface area contributed by atoms with E-state index in [4.69, 9.17) is 4.84 Å². The fraction of sp³-hybridized carbons (Fsp3) is 0.462. The van der Waals surface area contributed by atoms with Gasteiger partial charge in [-0.25, -0.2) is 0 Å². The lowest BCUT2D eigenvalue weighted by atomic mass is 10.0. The molecule has 0 fully saturated rings. The van der Waals surface area contributed by atoms with Crippen LogP contribution in [0, 0.1) is 0 Å². The van der Waals surface area contributed by atoms with E-state index in [1.807, 2.05) is 0 Å². The Hall–Kier alpha value is -0.830. The van der Waals surface area contributed by atoms with Crippen LogP contribution in [-0.4, -0.2) is 12.3 Å². The van der Waals surface area contributed by atoms with E-state index in [-0.39, 0.29) is 0 Å². The average molecular weight is 282 g/mol. The maximum absolute atomic E-state index is 5.28. The number of benzene rings is 1. The molecule has 1 aromatic carbocycles. The van der Waals surface area contributed by atoms with Crippen molar-refractivity contribution in [3.8, 4) is 0 Å². The van der Waals surface area contributed by atoms with Crippen LogP contribution in [0.3, 0.4) is 0 Å². The summed E-state index contributed by atoms with van der Waals surface area (Å²) in [4.78, 5) is 5.28. The summed E-state index contributed by atoms with van der Waals surface area (Å²) in [5.74, 6) is 0.523. The Morgan fingerprint density at radius 1 is 1.50 bits per heavy atom. The van der Waals surface area contributed by atoms with Gasteiger partial charge in [0.15, 0.2) is 0 Å². The highest BCUT2D eigenvalue weighted by molar-refractivity contribution is 9.10. The molecule has 1 aliphatic carbocycles. The number of oxime groups is 1. The smallest absolute Gasteiger partial charge is 0.116 e. The number of nitrogens with zero attached hydrogens (tertiary/aromatic N) is 1. The monoisotopic (exact) mass is 281 g/mol. The van der Waals surface area contributed by atoms with E-state index < -0.39 is 0 Å². The number of halogens is 1. The molecule has 0 unspecified atom stereocenters. The standard InChI is InChI=1S/C13H16BrNO/c1-3-7-16-15-12-8-9(2)13-10(12)5-4-6-11(13)14/h4-6,9H,3,7-8H2,1-2H3/b15-12-/t9-/m1/s1. The first kappa shape index (κ1) is 11.6. The van der Waals surface area contributed by atoms with Gasteiger partial charge in [-0.15, -0.1) is 0 Å². The van der Waals surface area contributed by atoms with Crippen molar-refractivity contribution in [1.82, 2.24) is 0 Å². The van der Waals surface area contributed by atoms with Crippen molar-refractivity contribution in [3.05, 3.63) is 33.8 Å². The van der Waals surface area contributed by atoms with Crippen LogP contribution in [0.15, 0.2) is 27.8 Å². The predicted octanol–water partition coefficient (Wildman–Crippen LogP) is 4.09. The second-order valence-corrected chi connectivity index (χ2v) is 5.03. The topological polar surface area (TPSA) is 21.6 Å². The third kappa shape index (κ3) is 2.14. The Morgan fingerprint density at radius 3 is 3.06 bits per heavy atom. The fourth-order valence-corrected chi connectivity index (χ4v) is 2.85. The van der Waals surface area contributed by atoms with Gasteiger partial charge in [0.1, 0.15) is 6.61 Å². The minimum absolute atomic E-state index is 0.523. The van der Waals surface area contributed by atoms with E-state index in [0.717, 1.165) is 18.6 Å². The van der Waals surface area contributed by atoms with Gasteiger partial charge in [0, 0.05) is 16.5 Å². The van der Waals surface area contributed by atoms with Gasteiger partial charge in [0.25, 0.3) is 0 Å². The fourth-order valence-electron chi connectivity index (χ4n) is 2.09. The molecule has 0 aromatic heterocycles. The van der Waals surface area contributed by atoms with E-state index in [2.05, 4.69) is 53.1 Å². The minimum atomic E-state index is 0.523. The molecule has 0 saturated heterocycles. The molecular weight excluding hydrogens is 266 g/mol. The number of hydrogen-bond donors (Lipinski definition) is 0. The van der Waals surface area contributed by atoms with E-state index in [9.17, 15) is 0 Å². The second-order valence-electron chi connectivity index (χ2n) is 4.18. The molecule has 86 valence electrons. The zero-order valence-corrected chi connectivity index (χ0v) is 11.3. The SMILES string of the molecule is CCCO/N=C1/C[C@@H](C)c2c(Br)cccc21. The van der Waals surface area contributed by atoms with Crippen LogP contribution >= 0.6 is 15.9 Å². The van der Waals surface area contributed by atoms with Crippen LogP contribution in [0.5, 0.6) is 0 Å². The van der Waals surface area contributed by atoms with Gasteiger partial charge in [0.05, 0.1) is 5.71 Å². The van der Waals surface area contributed by atoms with Gasteiger partial charge in [-0.05, 0) is 24.0 Å². The summed E-state index contributed by atoms with van der Waals surface area (Å²) in [6.07, 6.45) is 1.97. The lowest BCUT2D eigenvalue weighted by Crippen LogP contribution is -1.97. The molecule has 16 heavy (non-hydrogen) atoms. The molecule has 2 nitrogen and oxygen atoms in total. The average Bonchev–Trinajstić information content (AvgIpc) is 2.58. The van der Waals surface area contributed by atoms with Crippen molar-refractivity contribution in [3.63, 3.8) is 0 Å². The van der Waals surface area contributed by atoms with Gasteiger partial charge < -0.3 is 4.84 Å². The van der Waals surface area contributed by atoms with Crippen LogP contribution in [0.2, 0.25) is 0 Å². The molecule has 0 bridgehead atoms. The summed E-state index contributed by atoms with van der Waals surface area (Å²) in [5, 5.41) is 4.24. The second kappa shape index (κ2) is 5.00. The van der Waals surface area contributed by atoms with Crippen LogP contribution in [0.25, 0.3) is 0 Å². The Morgan fingerprint density at radius 2 is 2.31 bits per heavy atom. The minimum Gasteiger partial charge on any atom is -0.396 e. The zero-order valence-electron chi connectivity index (χ0n) is 9.66. The quantitative estimate of drug-likeness (QED) is 0.604. The molecule has 0 spiro atoms. The summed E-state index contributed by atoms with van der Waals surface area (Å²) in [5.41, 5.74) is 3.68. The van der Waals surface area contributed by atoms with Crippen LogP contribution in [0.4, 0.5) is 0 Å². The molecule has 2 rings (SSSR count). The molecule has 1 atom stereocenters. The lowest BCUT2D eigenvalue weighted by Gasteiger charge is -2.05. The third-order valence-corrected chi connectivity index (χ3v) is 3.52. The first-order valence-corrected chi connectivity index (χ1v) is 6.51. The molecule has 0 heterocycles. The first-order valence-electron chi connectivity index (χ1n) is 5.71. The highest BCUT2D eigenvalue weighted by Crippen LogP contribution is 2.37. The molecule has 0 aliphatic heterocycles. The van der Waals surface area contributed by atoms with Gasteiger partial charge in [-0.2, -0.15) is 0 Å². The maximum atomic E-state index is 5.28. The van der Waals surface area contributed by atoms with E-state index >= 15 is 0 Å². The Bertz CT molecular complexity index is 414. The number of hydrogen-bond acceptors (Lipinski definition) is 2. The molecule has 0 radical (unpaired) electrons. The summed E-state index contributed by atoms with van der Waals surface area (Å²) in [6.45, 7) is 5.01. The summed E-state index contributed by atoms with van der Waals surface area (Å²) >= 11 is 3.60. The molecule has 1 aromatic rings. The van der Waals surface area contributed by atoms with Crippen molar-refractivity contribution in [2.45, 2.75) is 32.6 Å². The molecule has 3 heteroatoms. The summed E-state index contributed by atoms with van der Waals surface area (Å²) < 4.78 is 1.18. The molecule has 0 N–H and O–H groups in total. The van der Waals surface area contributed by atoms with Gasteiger partial charge in [-0.1, -0.05) is 47.1 Å². The van der Waals surface area contributed by atoms with Gasteiger partial charge in [0.2, 0.25) is 0 Å². The Labute approximate surface area is 105 Å². The van der Waals surface area contributed by atoms with E-state index in [0.29, 0.717) is 12.5 Å². The van der Waals surface area contributed by atoms with Gasteiger partial charge >= 0.3 is 0 Å². The van der Waals surface area contributed by atoms with Gasteiger partial charge in [-0.3, -0.25) is 0 Å². The van der Waals surface area contributed by atoms with Crippen LogP contribution < -0.4 is 0 Å². The highest BCUT2D eigenvalue weighted by Gasteiger charge is 2.26. The first-order chi connectivity index (χ1) is 7.74. The lowest BCUT2D eigenvalue weighted by molar-refractivity contribution is 0.144. The van der Waals surface area contributed by atoms with Crippen molar-refractivity contribution < 1.29 is 4.84 Å². The van der Waals surface area contributed by atoms with Crippen LogP contribution in [-0.2, 0) is 4.84 Å². The summed E-state index contributed by atoms with van der Waals surface area (Å²) in [6, 6.07) is 6.26.